The summed E-state index contributed by atoms with van der Waals surface area (Å²) in [6.07, 6.45) is -1.30. The maximum absolute atomic E-state index is 12.0. The second-order valence-corrected chi connectivity index (χ2v) is 5.67. The van der Waals surface area contributed by atoms with Crippen molar-refractivity contribution in [1.29, 1.82) is 0 Å². The molecule has 0 saturated carbocycles. The van der Waals surface area contributed by atoms with Crippen LogP contribution in [0, 0.1) is 4.91 Å². The summed E-state index contributed by atoms with van der Waals surface area (Å²) in [5, 5.41) is 4.84. The van der Waals surface area contributed by atoms with Crippen LogP contribution in [0.5, 0.6) is 11.5 Å². The molecule has 0 radical (unpaired) electrons. The van der Waals surface area contributed by atoms with Gasteiger partial charge in [0.25, 0.3) is 0 Å². The number of hydrogen-bond donors (Lipinski definition) is 0. The standard InChI is InChI=1S/C20H17NO5/c1-13(25-20(22)26-18-9-6-17(21-23)7-10-18)14-3-4-16-12-19(24-2)8-5-15(16)11-14/h3-13H,1-2H3. The molecule has 132 valence electrons. The number of hydrogen-bond acceptors (Lipinski definition) is 6. The summed E-state index contributed by atoms with van der Waals surface area (Å²) in [4.78, 5) is 22.3. The lowest BCUT2D eigenvalue weighted by molar-refractivity contribution is 0.0655. The summed E-state index contributed by atoms with van der Waals surface area (Å²) in [7, 11) is 1.63. The van der Waals surface area contributed by atoms with E-state index in [0.717, 1.165) is 22.1 Å². The number of carbonyl (C=O) groups is 1. The van der Waals surface area contributed by atoms with Crippen molar-refractivity contribution in [3.63, 3.8) is 0 Å². The van der Waals surface area contributed by atoms with E-state index in [4.69, 9.17) is 14.2 Å². The second kappa shape index (κ2) is 7.65. The number of rotatable bonds is 5. The zero-order valence-electron chi connectivity index (χ0n) is 14.3. The third-order valence-electron chi connectivity index (χ3n) is 3.96. The van der Waals surface area contributed by atoms with Crippen LogP contribution in [0.15, 0.2) is 65.8 Å². The van der Waals surface area contributed by atoms with Crippen molar-refractivity contribution in [2.75, 3.05) is 7.11 Å². The maximum Gasteiger partial charge on any atom is 0.514 e. The molecule has 6 nitrogen and oxygen atoms in total. The van der Waals surface area contributed by atoms with Crippen LogP contribution >= 0.6 is 0 Å². The third-order valence-corrected chi connectivity index (χ3v) is 3.96. The van der Waals surface area contributed by atoms with Gasteiger partial charge in [0.1, 0.15) is 23.3 Å². The molecule has 0 aliphatic rings. The summed E-state index contributed by atoms with van der Waals surface area (Å²) in [5.74, 6) is 1.06. The molecule has 0 aliphatic heterocycles. The molecule has 0 spiro atoms. The average Bonchev–Trinajstić information content (AvgIpc) is 2.67. The van der Waals surface area contributed by atoms with Crippen LogP contribution in [0.4, 0.5) is 10.5 Å². The van der Waals surface area contributed by atoms with Crippen LogP contribution in [0.3, 0.4) is 0 Å². The van der Waals surface area contributed by atoms with Crippen LogP contribution in [0.1, 0.15) is 18.6 Å². The predicted molar refractivity (Wildman–Crippen MR) is 97.9 cm³/mol. The fraction of sp³-hybridized carbons (Fsp3) is 0.150. The van der Waals surface area contributed by atoms with Gasteiger partial charge in [-0.25, -0.2) is 4.79 Å². The molecule has 0 aliphatic carbocycles. The highest BCUT2D eigenvalue weighted by Crippen LogP contribution is 2.26. The molecule has 0 fully saturated rings. The topological polar surface area (TPSA) is 74.2 Å². The molecular weight excluding hydrogens is 334 g/mol. The first-order chi connectivity index (χ1) is 12.6. The fourth-order valence-electron chi connectivity index (χ4n) is 2.53. The van der Waals surface area contributed by atoms with Gasteiger partial charge in [-0.2, -0.15) is 0 Å². The molecule has 0 amide bonds. The highest BCUT2D eigenvalue weighted by molar-refractivity contribution is 5.84. The lowest BCUT2D eigenvalue weighted by atomic mass is 10.0. The summed E-state index contributed by atoms with van der Waals surface area (Å²) < 4.78 is 15.6. The third kappa shape index (κ3) is 3.97. The highest BCUT2D eigenvalue weighted by Gasteiger charge is 2.14. The molecular formula is C20H17NO5. The Morgan fingerprint density at radius 3 is 2.27 bits per heavy atom. The predicted octanol–water partition coefficient (Wildman–Crippen LogP) is 5.52. The average molecular weight is 351 g/mol. The molecule has 0 heterocycles. The number of benzene rings is 3. The molecule has 0 saturated heterocycles. The molecule has 0 aromatic heterocycles. The minimum atomic E-state index is -0.820. The lowest BCUT2D eigenvalue weighted by Gasteiger charge is -2.14. The van der Waals surface area contributed by atoms with Crippen molar-refractivity contribution < 1.29 is 19.0 Å². The van der Waals surface area contributed by atoms with Gasteiger partial charge in [0, 0.05) is 0 Å². The number of nitroso groups, excluding NO2 is 1. The van der Waals surface area contributed by atoms with Gasteiger partial charge in [-0.1, -0.05) is 18.2 Å². The van der Waals surface area contributed by atoms with Crippen molar-refractivity contribution in [2.24, 2.45) is 5.18 Å². The summed E-state index contributed by atoms with van der Waals surface area (Å²) >= 11 is 0. The number of nitrogens with zero attached hydrogens (tertiary/aromatic N) is 1. The maximum atomic E-state index is 12.0. The number of methoxy groups -OCH3 is 1. The Bertz CT molecular complexity index is 937. The van der Waals surface area contributed by atoms with Crippen molar-refractivity contribution in [1.82, 2.24) is 0 Å². The van der Waals surface area contributed by atoms with E-state index in [1.54, 1.807) is 14.0 Å². The normalized spacial score (nSPS) is 11.6. The van der Waals surface area contributed by atoms with E-state index in [0.29, 0.717) is 0 Å². The Hall–Kier alpha value is -3.41. The van der Waals surface area contributed by atoms with E-state index in [1.807, 2.05) is 36.4 Å². The van der Waals surface area contributed by atoms with E-state index < -0.39 is 12.3 Å². The first-order valence-electron chi connectivity index (χ1n) is 7.98. The van der Waals surface area contributed by atoms with Gasteiger partial charge in [-0.3, -0.25) is 0 Å². The summed E-state index contributed by atoms with van der Waals surface area (Å²) in [6.45, 7) is 1.77. The zero-order chi connectivity index (χ0) is 18.5. The smallest absolute Gasteiger partial charge is 0.497 e. The number of ether oxygens (including phenoxy) is 3. The van der Waals surface area contributed by atoms with E-state index in [2.05, 4.69) is 5.18 Å². The second-order valence-electron chi connectivity index (χ2n) is 5.67. The summed E-state index contributed by atoms with van der Waals surface area (Å²) in [6, 6.07) is 17.4. The van der Waals surface area contributed by atoms with E-state index in [1.165, 1.54) is 24.3 Å². The van der Waals surface area contributed by atoms with Gasteiger partial charge in [0.05, 0.1) is 7.11 Å². The van der Waals surface area contributed by atoms with Gasteiger partial charge in [-0.05, 0) is 70.9 Å². The minimum absolute atomic E-state index is 0.256. The van der Waals surface area contributed by atoms with Gasteiger partial charge in [-0.15, -0.1) is 4.91 Å². The molecule has 26 heavy (non-hydrogen) atoms. The fourth-order valence-corrected chi connectivity index (χ4v) is 2.53. The molecule has 1 atom stereocenters. The Morgan fingerprint density at radius 2 is 1.58 bits per heavy atom. The largest absolute Gasteiger partial charge is 0.514 e. The first-order valence-corrected chi connectivity index (χ1v) is 7.98. The zero-order valence-corrected chi connectivity index (χ0v) is 14.3. The number of fused-ring (bicyclic) bond motifs is 1. The molecule has 6 heteroatoms. The molecule has 0 bridgehead atoms. The van der Waals surface area contributed by atoms with E-state index in [-0.39, 0.29) is 11.4 Å². The van der Waals surface area contributed by atoms with E-state index >= 15 is 0 Å². The molecule has 3 aromatic carbocycles. The summed E-state index contributed by atoms with van der Waals surface area (Å²) in [5.41, 5.74) is 1.10. The highest BCUT2D eigenvalue weighted by atomic mass is 16.7. The van der Waals surface area contributed by atoms with Gasteiger partial charge in [0.2, 0.25) is 0 Å². The van der Waals surface area contributed by atoms with Crippen LogP contribution in [0.2, 0.25) is 0 Å². The Kier molecular flexibility index (Phi) is 5.12. The Morgan fingerprint density at radius 1 is 0.923 bits per heavy atom. The van der Waals surface area contributed by atoms with Crippen molar-refractivity contribution in [3.05, 3.63) is 71.1 Å². The Balaban J connectivity index is 1.68. The van der Waals surface area contributed by atoms with Gasteiger partial charge in [0.15, 0.2) is 0 Å². The Labute approximate surface area is 150 Å². The van der Waals surface area contributed by atoms with Crippen molar-refractivity contribution in [2.45, 2.75) is 13.0 Å². The molecule has 0 N–H and O–H groups in total. The van der Waals surface area contributed by atoms with Crippen molar-refractivity contribution >= 4 is 22.6 Å². The van der Waals surface area contributed by atoms with Crippen molar-refractivity contribution in [3.8, 4) is 11.5 Å². The number of carbonyl (C=O) groups excluding carboxylic acids is 1. The lowest BCUT2D eigenvalue weighted by Crippen LogP contribution is -2.13. The molecule has 3 rings (SSSR count). The first kappa shape index (κ1) is 17.4. The minimum Gasteiger partial charge on any atom is -0.497 e. The van der Waals surface area contributed by atoms with Crippen LogP contribution in [0.25, 0.3) is 10.8 Å². The van der Waals surface area contributed by atoms with Gasteiger partial charge >= 0.3 is 6.16 Å². The van der Waals surface area contributed by atoms with Gasteiger partial charge < -0.3 is 14.2 Å². The molecule has 3 aromatic rings. The monoisotopic (exact) mass is 351 g/mol. The quantitative estimate of drug-likeness (QED) is 0.343. The molecule has 1 unspecified atom stereocenters. The van der Waals surface area contributed by atoms with Crippen LogP contribution in [-0.4, -0.2) is 13.3 Å². The van der Waals surface area contributed by atoms with Crippen LogP contribution < -0.4 is 9.47 Å². The van der Waals surface area contributed by atoms with Crippen LogP contribution in [-0.2, 0) is 4.74 Å². The SMILES string of the molecule is COc1ccc2cc(C(C)OC(=O)Oc3ccc(N=O)cc3)ccc2c1. The van der Waals surface area contributed by atoms with E-state index in [9.17, 15) is 9.70 Å².